The molecule has 0 aromatic heterocycles. The molecule has 25 valence electrons. The van der Waals surface area contributed by atoms with Crippen molar-refractivity contribution in [2.75, 3.05) is 0 Å². The minimum atomic E-state index is -2.83. The van der Waals surface area contributed by atoms with E-state index in [1.807, 2.05) is 0 Å². The van der Waals surface area contributed by atoms with Crippen LogP contribution in [0.25, 0.3) is 0 Å². The molecule has 0 saturated carbocycles. The third kappa shape index (κ3) is 123. The number of carboxylic acids is 1. The molecule has 0 fully saturated rings. The van der Waals surface area contributed by atoms with Crippen LogP contribution in [0.5, 0.6) is 0 Å². The van der Waals surface area contributed by atoms with Gasteiger partial charge in [0, 0.05) is 40.5 Å². The first-order valence-electron chi connectivity index (χ1n) is 2.18. The maximum absolute atomic E-state index is 9.46. The van der Waals surface area contributed by atoms with E-state index < -0.39 is 12.8 Å². The predicted octanol–water partition coefficient (Wildman–Crippen LogP) is -0.290. The quantitative estimate of drug-likeness (QED) is 0.326. The molecule has 0 bridgehead atoms. The molecule has 0 rings (SSSR count). The van der Waals surface area contributed by atoms with Gasteiger partial charge in [-0.3, -0.25) is 4.79 Å². The van der Waals surface area contributed by atoms with Gasteiger partial charge in [0.15, 0.2) is 0 Å². The maximum atomic E-state index is 9.46. The van der Waals surface area contributed by atoms with E-state index in [0.29, 0.717) is 0 Å². The molecule has 1 radical (unpaired) electrons. The summed E-state index contributed by atoms with van der Waals surface area (Å²) in [6.45, 7) is -2.83. The number of aliphatic carboxylic acids is 1. The molecule has 3 heteroatoms. The number of hydrogen-bond donors (Lipinski definition) is 1. The van der Waals surface area contributed by atoms with Crippen LogP contribution in [-0.4, -0.2) is 40.6 Å². The fourth-order valence-electron chi connectivity index (χ4n) is 0. The van der Waals surface area contributed by atoms with Crippen molar-refractivity contribution < 1.29 is 14.0 Å². The molecule has 0 aromatic carbocycles. The Morgan fingerprint density at radius 3 is 2.40 bits per heavy atom. The summed E-state index contributed by atoms with van der Waals surface area (Å²) in [5, 5.41) is 7.69. The summed E-state index contributed by atoms with van der Waals surface area (Å²) in [6, 6.07) is 0. The molecule has 0 atom stereocenters. The van der Waals surface area contributed by atoms with Crippen molar-refractivity contribution in [2.24, 2.45) is 0 Å². The van der Waals surface area contributed by atoms with E-state index >= 15 is 0 Å². The monoisotopic (exact) mass is 88.0 g/mol. The van der Waals surface area contributed by atoms with Gasteiger partial charge in [0.25, 0.3) is 5.97 Å². The normalized spacial score (nSPS) is 16.4. The molecule has 0 aliphatic rings. The van der Waals surface area contributed by atoms with E-state index in [2.05, 4.69) is 0 Å². The number of rotatable bonds is 0. The zero-order chi connectivity index (χ0) is 6.08. The molecule has 0 spiro atoms. The first-order chi connectivity index (χ1) is 2.94. The van der Waals surface area contributed by atoms with Gasteiger partial charge in [0.2, 0.25) is 0 Å². The zero-order valence-corrected chi connectivity index (χ0v) is 4.86. The van der Waals surface area contributed by atoms with Crippen LogP contribution in [-0.2, 0) is 4.79 Å². The minimum Gasteiger partial charge on any atom is -0.481 e. The Balaban J connectivity index is 0. The smallest absolute Gasteiger partial charge is 0.300 e. The van der Waals surface area contributed by atoms with Gasteiger partial charge in [-0.05, 0) is 0 Å². The van der Waals surface area contributed by atoms with Gasteiger partial charge in [-0.1, -0.05) is 0 Å². The van der Waals surface area contributed by atoms with Gasteiger partial charge < -0.3 is 5.11 Å². The second-order valence-corrected chi connectivity index (χ2v) is 0.305. The summed E-state index contributed by atoms with van der Waals surface area (Å²) >= 11 is 0. The maximum Gasteiger partial charge on any atom is 0.300 e. The van der Waals surface area contributed by atoms with Crippen molar-refractivity contribution in [1.82, 2.24) is 0 Å². The van der Waals surface area contributed by atoms with Crippen molar-refractivity contribution in [1.29, 1.82) is 0 Å². The van der Waals surface area contributed by atoms with E-state index in [1.54, 1.807) is 0 Å². The molecule has 0 amide bonds. The molecule has 2 nitrogen and oxygen atoms in total. The average Bonchev–Trinajstić information content (AvgIpc) is 1.31. The van der Waals surface area contributed by atoms with Crippen LogP contribution in [0.1, 0.15) is 11.0 Å². The summed E-state index contributed by atoms with van der Waals surface area (Å²) < 4.78 is 18.4. The average molecular weight is 88.0 g/mol. The third-order valence-electron chi connectivity index (χ3n) is 0. The van der Waals surface area contributed by atoms with Gasteiger partial charge in [0.05, 0.1) is 0 Å². The largest absolute Gasteiger partial charge is 0.481 e. The minimum absolute atomic E-state index is 0. The topological polar surface area (TPSA) is 37.3 Å². The van der Waals surface area contributed by atoms with Crippen molar-refractivity contribution in [3.05, 3.63) is 0 Å². The molecule has 0 saturated heterocycles. The number of carboxylic acid groups (broad SMARTS) is 1. The third-order valence-corrected chi connectivity index (χ3v) is 0. The van der Waals surface area contributed by atoms with E-state index in [4.69, 9.17) is 9.22 Å². The van der Waals surface area contributed by atoms with E-state index in [1.165, 1.54) is 0 Å². The van der Waals surface area contributed by atoms with Crippen LogP contribution in [0.2, 0.25) is 0 Å². The first kappa shape index (κ1) is 2.61. The molecule has 0 aliphatic carbocycles. The Hall–Kier alpha value is 0.470. The molecular formula is C2H4NaO2. The Bertz CT molecular complexity index is 87.8. The first-order valence-corrected chi connectivity index (χ1v) is 0.678. The van der Waals surface area contributed by atoms with Crippen LogP contribution in [0.3, 0.4) is 0 Å². The van der Waals surface area contributed by atoms with Crippen LogP contribution >= 0.6 is 0 Å². The van der Waals surface area contributed by atoms with Gasteiger partial charge in [-0.15, -0.1) is 0 Å². The summed E-state index contributed by atoms with van der Waals surface area (Å²) in [5.74, 6) is -1.76. The number of carbonyl (C=O) groups is 1. The molecular weight excluding hydrogens is 81.0 g/mol. The Kier molecular flexibility index (Phi) is 2.33. The van der Waals surface area contributed by atoms with E-state index in [0.717, 1.165) is 0 Å². The summed E-state index contributed by atoms with van der Waals surface area (Å²) in [7, 11) is 0. The van der Waals surface area contributed by atoms with Crippen LogP contribution in [0.15, 0.2) is 0 Å². The summed E-state index contributed by atoms with van der Waals surface area (Å²) in [6.07, 6.45) is 0. The van der Waals surface area contributed by atoms with Gasteiger partial charge >= 0.3 is 0 Å². The zero-order valence-electron chi connectivity index (χ0n) is 5.86. The van der Waals surface area contributed by atoms with Gasteiger partial charge in [-0.25, -0.2) is 0 Å². The SMILES string of the molecule is [2H][13C]([2H])([2H])[13C](=O)O.[Na]. The van der Waals surface area contributed by atoms with Crippen molar-refractivity contribution in [3.63, 3.8) is 0 Å². The second kappa shape index (κ2) is 4.47. The standard InChI is InChI=1S/C2H4O2.Na/c1-2(3)4;/h1H3,(H,3,4);/i1+1D3,2+1;. The summed E-state index contributed by atoms with van der Waals surface area (Å²) in [5.41, 5.74) is 0. The summed E-state index contributed by atoms with van der Waals surface area (Å²) in [4.78, 5) is 9.46. The van der Waals surface area contributed by atoms with E-state index in [9.17, 15) is 4.79 Å². The van der Waals surface area contributed by atoms with Crippen molar-refractivity contribution in [2.45, 2.75) is 6.85 Å². The molecule has 0 aromatic rings. The molecule has 0 heterocycles. The van der Waals surface area contributed by atoms with Crippen molar-refractivity contribution >= 4 is 35.5 Å². The Morgan fingerprint density at radius 1 is 2.20 bits per heavy atom. The molecule has 5 heavy (non-hydrogen) atoms. The molecule has 0 aliphatic heterocycles. The predicted molar refractivity (Wildman–Crippen MR) is 19.1 cm³/mol. The van der Waals surface area contributed by atoms with E-state index in [-0.39, 0.29) is 29.6 Å². The fourth-order valence-corrected chi connectivity index (χ4v) is 0. The second-order valence-electron chi connectivity index (χ2n) is 0.305. The Morgan fingerprint density at radius 2 is 2.40 bits per heavy atom. The number of hydrogen-bond acceptors (Lipinski definition) is 1. The van der Waals surface area contributed by atoms with Crippen LogP contribution in [0.4, 0.5) is 0 Å². The van der Waals surface area contributed by atoms with Crippen molar-refractivity contribution in [3.8, 4) is 0 Å². The fraction of sp³-hybridized carbons (Fsp3) is 0.500. The Labute approximate surface area is 56.7 Å². The van der Waals surface area contributed by atoms with Gasteiger partial charge in [-0.2, -0.15) is 0 Å². The van der Waals surface area contributed by atoms with Gasteiger partial charge in [0.1, 0.15) is 0 Å². The van der Waals surface area contributed by atoms with Crippen LogP contribution in [0, 0.1) is 0 Å². The van der Waals surface area contributed by atoms with Crippen LogP contribution < -0.4 is 0 Å². The molecule has 1 N–H and O–H groups in total. The molecule has 0 unspecified atom stereocenters.